The van der Waals surface area contributed by atoms with Crippen LogP contribution in [0.5, 0.6) is 0 Å². The molecule has 0 saturated carbocycles. The SMILES string of the molecule is Cc1nn(C)cc1CNC(C)CC(O)c1cccs1. The van der Waals surface area contributed by atoms with E-state index in [2.05, 4.69) is 17.3 Å². The number of hydrogen-bond acceptors (Lipinski definition) is 4. The third-order valence-corrected chi connectivity index (χ3v) is 4.18. The van der Waals surface area contributed by atoms with Crippen molar-refractivity contribution in [2.24, 2.45) is 7.05 Å². The lowest BCUT2D eigenvalue weighted by molar-refractivity contribution is 0.157. The van der Waals surface area contributed by atoms with Crippen LogP contribution in [0, 0.1) is 6.92 Å². The lowest BCUT2D eigenvalue weighted by Gasteiger charge is -2.17. The number of aromatic nitrogens is 2. The summed E-state index contributed by atoms with van der Waals surface area (Å²) < 4.78 is 1.83. The third kappa shape index (κ3) is 3.89. The van der Waals surface area contributed by atoms with Crippen LogP contribution in [-0.2, 0) is 13.6 Å². The zero-order chi connectivity index (χ0) is 13.8. The van der Waals surface area contributed by atoms with Gasteiger partial charge in [-0.05, 0) is 31.7 Å². The molecule has 104 valence electrons. The number of aryl methyl sites for hydroxylation is 2. The molecular formula is C14H21N3OS. The maximum absolute atomic E-state index is 10.1. The van der Waals surface area contributed by atoms with E-state index in [1.165, 1.54) is 5.56 Å². The predicted molar refractivity (Wildman–Crippen MR) is 78.1 cm³/mol. The van der Waals surface area contributed by atoms with Gasteiger partial charge in [0.1, 0.15) is 0 Å². The first-order chi connectivity index (χ1) is 9.06. The van der Waals surface area contributed by atoms with Crippen molar-refractivity contribution in [2.45, 2.75) is 39.0 Å². The fraction of sp³-hybridized carbons (Fsp3) is 0.500. The Morgan fingerprint density at radius 2 is 2.32 bits per heavy atom. The highest BCUT2D eigenvalue weighted by Gasteiger charge is 2.13. The maximum Gasteiger partial charge on any atom is 0.0896 e. The van der Waals surface area contributed by atoms with E-state index in [0.717, 1.165) is 23.5 Å². The first-order valence-electron chi connectivity index (χ1n) is 6.50. The molecular weight excluding hydrogens is 258 g/mol. The topological polar surface area (TPSA) is 50.1 Å². The van der Waals surface area contributed by atoms with Gasteiger partial charge in [0.15, 0.2) is 0 Å². The molecule has 0 aliphatic carbocycles. The van der Waals surface area contributed by atoms with E-state index in [-0.39, 0.29) is 12.1 Å². The average Bonchev–Trinajstić information content (AvgIpc) is 2.96. The van der Waals surface area contributed by atoms with Gasteiger partial charge in [-0.15, -0.1) is 11.3 Å². The largest absolute Gasteiger partial charge is 0.388 e. The molecule has 5 heteroatoms. The summed E-state index contributed by atoms with van der Waals surface area (Å²) in [4.78, 5) is 1.03. The zero-order valence-electron chi connectivity index (χ0n) is 11.6. The number of rotatable bonds is 6. The van der Waals surface area contributed by atoms with E-state index in [1.807, 2.05) is 42.4 Å². The van der Waals surface area contributed by atoms with Crippen molar-refractivity contribution in [2.75, 3.05) is 0 Å². The molecule has 0 spiro atoms. The standard InChI is InChI=1S/C14H21N3OS/c1-10(7-13(18)14-5-4-6-19-14)15-8-12-9-17(3)16-11(12)2/h4-6,9-10,13,15,18H,7-8H2,1-3H3. The first-order valence-corrected chi connectivity index (χ1v) is 7.38. The van der Waals surface area contributed by atoms with Crippen LogP contribution in [0.1, 0.15) is 35.6 Å². The van der Waals surface area contributed by atoms with Crippen molar-refractivity contribution in [1.82, 2.24) is 15.1 Å². The lowest BCUT2D eigenvalue weighted by atomic mass is 10.1. The monoisotopic (exact) mass is 279 g/mol. The second-order valence-electron chi connectivity index (χ2n) is 4.96. The van der Waals surface area contributed by atoms with E-state index in [9.17, 15) is 5.11 Å². The quantitative estimate of drug-likeness (QED) is 0.853. The highest BCUT2D eigenvalue weighted by molar-refractivity contribution is 7.10. The van der Waals surface area contributed by atoms with Crippen LogP contribution in [0.3, 0.4) is 0 Å². The third-order valence-electron chi connectivity index (χ3n) is 3.20. The number of nitrogens with one attached hydrogen (secondary N) is 1. The normalized spacial score (nSPS) is 14.5. The molecule has 0 saturated heterocycles. The van der Waals surface area contributed by atoms with E-state index in [0.29, 0.717) is 0 Å². The minimum Gasteiger partial charge on any atom is -0.388 e. The Bertz CT molecular complexity index is 507. The molecule has 2 heterocycles. The summed E-state index contributed by atoms with van der Waals surface area (Å²) in [5.74, 6) is 0. The Balaban J connectivity index is 1.81. The fourth-order valence-corrected chi connectivity index (χ4v) is 2.85. The maximum atomic E-state index is 10.1. The van der Waals surface area contributed by atoms with Crippen molar-refractivity contribution in [1.29, 1.82) is 0 Å². The molecule has 0 radical (unpaired) electrons. The minimum atomic E-state index is -0.377. The van der Waals surface area contributed by atoms with Gasteiger partial charge in [-0.1, -0.05) is 6.07 Å². The smallest absolute Gasteiger partial charge is 0.0896 e. The average molecular weight is 279 g/mol. The van der Waals surface area contributed by atoms with Gasteiger partial charge in [0, 0.05) is 36.3 Å². The van der Waals surface area contributed by atoms with E-state index >= 15 is 0 Å². The van der Waals surface area contributed by atoms with Gasteiger partial charge in [0.25, 0.3) is 0 Å². The fourth-order valence-electron chi connectivity index (χ4n) is 2.12. The van der Waals surface area contributed by atoms with Gasteiger partial charge in [-0.25, -0.2) is 0 Å². The molecule has 0 bridgehead atoms. The van der Waals surface area contributed by atoms with Crippen LogP contribution in [0.15, 0.2) is 23.7 Å². The Morgan fingerprint density at radius 1 is 1.53 bits per heavy atom. The summed E-state index contributed by atoms with van der Waals surface area (Å²) in [7, 11) is 1.93. The number of hydrogen-bond donors (Lipinski definition) is 2. The van der Waals surface area contributed by atoms with Crippen molar-refractivity contribution in [3.05, 3.63) is 39.8 Å². The minimum absolute atomic E-state index is 0.261. The van der Waals surface area contributed by atoms with Crippen LogP contribution < -0.4 is 5.32 Å². The van der Waals surface area contributed by atoms with Crippen LogP contribution in [0.4, 0.5) is 0 Å². The van der Waals surface area contributed by atoms with Crippen molar-refractivity contribution >= 4 is 11.3 Å². The predicted octanol–water partition coefficient (Wildman–Crippen LogP) is 2.39. The Labute approximate surface area is 118 Å². The van der Waals surface area contributed by atoms with Crippen LogP contribution in [0.25, 0.3) is 0 Å². The molecule has 2 aromatic heterocycles. The Hall–Kier alpha value is -1.17. The van der Waals surface area contributed by atoms with Gasteiger partial charge in [0.05, 0.1) is 11.8 Å². The molecule has 0 aliphatic heterocycles. The van der Waals surface area contributed by atoms with Crippen molar-refractivity contribution < 1.29 is 5.11 Å². The van der Waals surface area contributed by atoms with E-state index in [1.54, 1.807) is 11.3 Å². The second kappa shape index (κ2) is 6.32. The summed E-state index contributed by atoms with van der Waals surface area (Å²) in [6.45, 7) is 4.91. The summed E-state index contributed by atoms with van der Waals surface area (Å²) in [5.41, 5.74) is 2.26. The van der Waals surface area contributed by atoms with Gasteiger partial charge in [-0.2, -0.15) is 5.10 Å². The molecule has 2 N–H and O–H groups in total. The highest BCUT2D eigenvalue weighted by atomic mass is 32.1. The molecule has 2 unspecified atom stereocenters. The van der Waals surface area contributed by atoms with Gasteiger partial charge < -0.3 is 10.4 Å². The Morgan fingerprint density at radius 3 is 2.89 bits per heavy atom. The number of nitrogens with zero attached hydrogens (tertiary/aromatic N) is 2. The van der Waals surface area contributed by atoms with E-state index in [4.69, 9.17) is 0 Å². The zero-order valence-corrected chi connectivity index (χ0v) is 12.4. The number of thiophene rings is 1. The van der Waals surface area contributed by atoms with Crippen LogP contribution >= 0.6 is 11.3 Å². The highest BCUT2D eigenvalue weighted by Crippen LogP contribution is 2.22. The van der Waals surface area contributed by atoms with E-state index < -0.39 is 0 Å². The number of aliphatic hydroxyl groups excluding tert-OH is 1. The van der Waals surface area contributed by atoms with Gasteiger partial charge in [0.2, 0.25) is 0 Å². The summed E-state index contributed by atoms with van der Waals surface area (Å²) in [6.07, 6.45) is 2.38. The van der Waals surface area contributed by atoms with Gasteiger partial charge in [-0.3, -0.25) is 4.68 Å². The molecule has 2 aromatic rings. The molecule has 0 amide bonds. The van der Waals surface area contributed by atoms with Crippen LogP contribution in [-0.4, -0.2) is 20.9 Å². The first kappa shape index (κ1) is 14.2. The molecule has 0 aliphatic rings. The van der Waals surface area contributed by atoms with Crippen LogP contribution in [0.2, 0.25) is 0 Å². The summed E-state index contributed by atoms with van der Waals surface area (Å²) in [6, 6.07) is 4.21. The second-order valence-corrected chi connectivity index (χ2v) is 5.94. The molecule has 0 fully saturated rings. The van der Waals surface area contributed by atoms with Gasteiger partial charge >= 0.3 is 0 Å². The summed E-state index contributed by atoms with van der Waals surface area (Å²) in [5, 5.41) is 19.8. The lowest BCUT2D eigenvalue weighted by Crippen LogP contribution is -2.27. The summed E-state index contributed by atoms with van der Waals surface area (Å²) >= 11 is 1.60. The number of aliphatic hydroxyl groups is 1. The molecule has 2 rings (SSSR count). The Kier molecular flexibility index (Phi) is 4.74. The molecule has 0 aromatic carbocycles. The molecule has 19 heavy (non-hydrogen) atoms. The molecule has 2 atom stereocenters. The van der Waals surface area contributed by atoms with Crippen molar-refractivity contribution in [3.63, 3.8) is 0 Å². The van der Waals surface area contributed by atoms with Crippen molar-refractivity contribution in [3.8, 4) is 0 Å². The molecule has 4 nitrogen and oxygen atoms in total.